The van der Waals surface area contributed by atoms with E-state index in [1.165, 1.54) is 10.8 Å². The van der Waals surface area contributed by atoms with E-state index in [1.807, 2.05) is 36.4 Å². The molecular formula is C22H17NO2. The minimum atomic E-state index is -0.709. The maximum absolute atomic E-state index is 10.7. The molecule has 3 heteroatoms. The van der Waals surface area contributed by atoms with Crippen molar-refractivity contribution in [1.82, 2.24) is 4.98 Å². The molecule has 0 fully saturated rings. The molecule has 25 heavy (non-hydrogen) atoms. The number of methoxy groups -OCH3 is 1. The van der Waals surface area contributed by atoms with Gasteiger partial charge in [-0.25, -0.2) is 4.98 Å². The molecule has 3 nitrogen and oxygen atoms in total. The lowest BCUT2D eigenvalue weighted by atomic mass is 9.84. The Balaban J connectivity index is 1.91. The minimum Gasteiger partial charge on any atom is -0.385 e. The van der Waals surface area contributed by atoms with Gasteiger partial charge in [-0.2, -0.15) is 0 Å². The van der Waals surface area contributed by atoms with Gasteiger partial charge in [0.25, 0.3) is 0 Å². The molecule has 0 spiro atoms. The van der Waals surface area contributed by atoms with Crippen LogP contribution in [0.3, 0.4) is 0 Å². The third-order valence-electron chi connectivity index (χ3n) is 5.13. The lowest BCUT2D eigenvalue weighted by molar-refractivity contribution is -0.0185. The molecule has 0 amide bonds. The maximum Gasteiger partial charge on any atom is 0.130 e. The van der Waals surface area contributed by atoms with Gasteiger partial charge in [-0.3, -0.25) is 0 Å². The Labute approximate surface area is 145 Å². The molecule has 122 valence electrons. The summed E-state index contributed by atoms with van der Waals surface area (Å²) in [7, 11) is 1.62. The molecule has 0 unspecified atom stereocenters. The molecular weight excluding hydrogens is 310 g/mol. The van der Waals surface area contributed by atoms with Crippen LogP contribution in [-0.4, -0.2) is 17.2 Å². The van der Waals surface area contributed by atoms with E-state index < -0.39 is 12.2 Å². The highest BCUT2D eigenvalue weighted by atomic mass is 16.5. The predicted octanol–water partition coefficient (Wildman–Crippen LogP) is 4.79. The fourth-order valence-corrected chi connectivity index (χ4v) is 3.93. The van der Waals surface area contributed by atoms with E-state index in [4.69, 9.17) is 9.72 Å². The number of benzene rings is 3. The first-order chi connectivity index (χ1) is 12.3. The van der Waals surface area contributed by atoms with E-state index in [1.54, 1.807) is 7.11 Å². The maximum atomic E-state index is 10.7. The van der Waals surface area contributed by atoms with Crippen molar-refractivity contribution in [2.45, 2.75) is 12.2 Å². The van der Waals surface area contributed by atoms with Crippen molar-refractivity contribution in [3.63, 3.8) is 0 Å². The highest BCUT2D eigenvalue weighted by Crippen LogP contribution is 2.46. The Bertz CT molecular complexity index is 1120. The number of aliphatic hydroxyl groups is 1. The quantitative estimate of drug-likeness (QED) is 0.511. The van der Waals surface area contributed by atoms with Gasteiger partial charge in [0.1, 0.15) is 12.2 Å². The topological polar surface area (TPSA) is 42.4 Å². The van der Waals surface area contributed by atoms with Crippen molar-refractivity contribution in [3.8, 4) is 11.1 Å². The third kappa shape index (κ3) is 2.03. The summed E-state index contributed by atoms with van der Waals surface area (Å²) in [6.07, 6.45) is -1.17. The fraction of sp³-hybridized carbons (Fsp3) is 0.136. The minimum absolute atomic E-state index is 0.458. The standard InChI is InChI=1S/C22H17NO2/c1-25-22-20-18(15-8-4-5-9-16(15)21(22)24)12-17-14-7-3-2-6-13(14)10-11-19(17)23-20/h2-12,21-22,24H,1H3/t21-,22-/m1/s1. The number of aromatic nitrogens is 1. The van der Waals surface area contributed by atoms with E-state index in [0.717, 1.165) is 33.3 Å². The van der Waals surface area contributed by atoms with Gasteiger partial charge in [0, 0.05) is 18.1 Å². The van der Waals surface area contributed by atoms with Gasteiger partial charge < -0.3 is 9.84 Å². The van der Waals surface area contributed by atoms with E-state index in [-0.39, 0.29) is 0 Å². The number of nitrogens with zero attached hydrogens (tertiary/aromatic N) is 1. The average Bonchev–Trinajstić information content (AvgIpc) is 2.67. The number of ether oxygens (including phenoxy) is 1. The van der Waals surface area contributed by atoms with E-state index in [2.05, 4.69) is 30.3 Å². The van der Waals surface area contributed by atoms with Crippen LogP contribution in [-0.2, 0) is 4.74 Å². The van der Waals surface area contributed by atoms with E-state index >= 15 is 0 Å². The monoisotopic (exact) mass is 327 g/mol. The van der Waals surface area contributed by atoms with Gasteiger partial charge in [-0.15, -0.1) is 0 Å². The summed E-state index contributed by atoms with van der Waals surface area (Å²) in [5.41, 5.74) is 4.68. The summed E-state index contributed by atoms with van der Waals surface area (Å²) in [6.45, 7) is 0. The molecule has 1 N–H and O–H groups in total. The second-order valence-corrected chi connectivity index (χ2v) is 6.46. The molecule has 5 rings (SSSR count). The summed E-state index contributed by atoms with van der Waals surface area (Å²) >= 11 is 0. The van der Waals surface area contributed by atoms with Crippen LogP contribution in [0, 0.1) is 0 Å². The van der Waals surface area contributed by atoms with Crippen molar-refractivity contribution >= 4 is 21.7 Å². The van der Waals surface area contributed by atoms with Gasteiger partial charge in [0.05, 0.1) is 11.2 Å². The molecule has 1 aliphatic rings. The first kappa shape index (κ1) is 14.6. The zero-order valence-electron chi connectivity index (χ0n) is 13.8. The summed E-state index contributed by atoms with van der Waals surface area (Å²) in [4.78, 5) is 4.88. The molecule has 4 aromatic rings. The molecule has 2 atom stereocenters. The normalized spacial score (nSPS) is 19.0. The Hall–Kier alpha value is -2.75. The zero-order chi connectivity index (χ0) is 17.0. The number of pyridine rings is 1. The third-order valence-corrected chi connectivity index (χ3v) is 5.13. The lowest BCUT2D eigenvalue weighted by Crippen LogP contribution is -2.20. The fourth-order valence-electron chi connectivity index (χ4n) is 3.93. The molecule has 0 saturated carbocycles. The second kappa shape index (κ2) is 5.38. The first-order valence-electron chi connectivity index (χ1n) is 8.40. The van der Waals surface area contributed by atoms with Crippen LogP contribution in [0.25, 0.3) is 32.8 Å². The summed E-state index contributed by atoms with van der Waals surface area (Å²) in [5.74, 6) is 0. The average molecular weight is 327 g/mol. The van der Waals surface area contributed by atoms with Crippen LogP contribution >= 0.6 is 0 Å². The molecule has 3 aromatic carbocycles. The molecule has 0 bridgehead atoms. The molecule has 0 saturated heterocycles. The van der Waals surface area contributed by atoms with Crippen LogP contribution in [0.1, 0.15) is 23.5 Å². The lowest BCUT2D eigenvalue weighted by Gasteiger charge is -2.30. The number of rotatable bonds is 1. The summed E-state index contributed by atoms with van der Waals surface area (Å²) < 4.78 is 5.61. The van der Waals surface area contributed by atoms with Crippen molar-refractivity contribution in [1.29, 1.82) is 0 Å². The number of hydrogen-bond acceptors (Lipinski definition) is 3. The molecule has 1 aliphatic carbocycles. The highest BCUT2D eigenvalue weighted by Gasteiger charge is 2.34. The number of hydrogen-bond donors (Lipinski definition) is 1. The Morgan fingerprint density at radius 2 is 1.68 bits per heavy atom. The Kier molecular flexibility index (Phi) is 3.14. The van der Waals surface area contributed by atoms with Crippen LogP contribution in [0.4, 0.5) is 0 Å². The van der Waals surface area contributed by atoms with Gasteiger partial charge in [0.15, 0.2) is 0 Å². The van der Waals surface area contributed by atoms with Crippen LogP contribution < -0.4 is 0 Å². The van der Waals surface area contributed by atoms with Crippen molar-refractivity contribution in [3.05, 3.63) is 78.0 Å². The first-order valence-corrected chi connectivity index (χ1v) is 8.40. The molecule has 0 radical (unpaired) electrons. The van der Waals surface area contributed by atoms with Crippen molar-refractivity contribution in [2.75, 3.05) is 7.11 Å². The molecule has 1 aromatic heterocycles. The summed E-state index contributed by atoms with van der Waals surface area (Å²) in [6, 6.07) is 22.6. The van der Waals surface area contributed by atoms with Gasteiger partial charge in [0.2, 0.25) is 0 Å². The number of fused-ring (bicyclic) bond motifs is 6. The Morgan fingerprint density at radius 1 is 0.880 bits per heavy atom. The van der Waals surface area contributed by atoms with E-state index in [0.29, 0.717) is 0 Å². The predicted molar refractivity (Wildman–Crippen MR) is 99.4 cm³/mol. The smallest absolute Gasteiger partial charge is 0.130 e. The second-order valence-electron chi connectivity index (χ2n) is 6.46. The zero-order valence-corrected chi connectivity index (χ0v) is 13.8. The van der Waals surface area contributed by atoms with Gasteiger partial charge in [-0.1, -0.05) is 54.6 Å². The molecule has 0 aliphatic heterocycles. The van der Waals surface area contributed by atoms with E-state index in [9.17, 15) is 5.11 Å². The largest absolute Gasteiger partial charge is 0.385 e. The van der Waals surface area contributed by atoms with Gasteiger partial charge in [-0.05, 0) is 34.0 Å². The van der Waals surface area contributed by atoms with Gasteiger partial charge >= 0.3 is 0 Å². The SMILES string of the molecule is CO[C@@H]1c2nc3ccc4ccccc4c3cc2-c2ccccc2[C@H]1O. The highest BCUT2D eigenvalue weighted by molar-refractivity contribution is 6.07. The number of aliphatic hydroxyl groups excluding tert-OH is 1. The van der Waals surface area contributed by atoms with Crippen LogP contribution in [0.15, 0.2) is 66.7 Å². The molecule has 1 heterocycles. The summed E-state index contributed by atoms with van der Waals surface area (Å²) in [5, 5.41) is 14.3. The van der Waals surface area contributed by atoms with Crippen LogP contribution in [0.2, 0.25) is 0 Å². The van der Waals surface area contributed by atoms with Crippen molar-refractivity contribution in [2.24, 2.45) is 0 Å². The Morgan fingerprint density at radius 3 is 2.56 bits per heavy atom. The van der Waals surface area contributed by atoms with Crippen molar-refractivity contribution < 1.29 is 9.84 Å². The van der Waals surface area contributed by atoms with Crippen LogP contribution in [0.5, 0.6) is 0 Å².